The molecule has 3 nitrogen and oxygen atoms in total. The molecule has 0 radical (unpaired) electrons. The number of H-pyrrole nitrogens is 1. The van der Waals surface area contributed by atoms with Crippen molar-refractivity contribution in [3.63, 3.8) is 0 Å². The van der Waals surface area contributed by atoms with E-state index in [0.29, 0.717) is 11.1 Å². The van der Waals surface area contributed by atoms with Gasteiger partial charge in [-0.2, -0.15) is 0 Å². The number of hydrogen-bond acceptors (Lipinski definition) is 2. The summed E-state index contributed by atoms with van der Waals surface area (Å²) in [6.07, 6.45) is 0. The minimum atomic E-state index is -0.471. The molecule has 0 saturated heterocycles. The van der Waals surface area contributed by atoms with Gasteiger partial charge in [-0.1, -0.05) is 28.1 Å². The molecule has 0 aliphatic heterocycles. The van der Waals surface area contributed by atoms with Gasteiger partial charge < -0.3 is 4.42 Å². The summed E-state index contributed by atoms with van der Waals surface area (Å²) >= 11 is 3.61. The third-order valence-corrected chi connectivity index (χ3v) is 4.26. The van der Waals surface area contributed by atoms with Gasteiger partial charge >= 0.3 is 5.76 Å². The molecule has 102 valence electrons. The first-order valence-electron chi connectivity index (χ1n) is 6.07. The van der Waals surface area contributed by atoms with Gasteiger partial charge in [-0.3, -0.25) is 4.98 Å². The molecule has 5 heteroatoms. The molecule has 0 fully saturated rings. The maximum atomic E-state index is 13.2. The van der Waals surface area contributed by atoms with Crippen LogP contribution in [0.3, 0.4) is 0 Å². The molecular weight excluding hydrogens is 325 g/mol. The first kappa shape index (κ1) is 13.1. The molecule has 1 unspecified atom stereocenters. The summed E-state index contributed by atoms with van der Waals surface area (Å²) in [6.45, 7) is 1.86. The van der Waals surface area contributed by atoms with E-state index in [4.69, 9.17) is 4.42 Å². The maximum absolute atomic E-state index is 13.2. The Morgan fingerprint density at radius 1 is 1.25 bits per heavy atom. The Kier molecular flexibility index (Phi) is 3.22. The SMILES string of the molecule is Cc1cc(F)ccc1C(Br)c1ccc2[nH]c(=O)oc2c1. The highest BCUT2D eigenvalue weighted by Crippen LogP contribution is 2.34. The van der Waals surface area contributed by atoms with Crippen molar-refractivity contribution in [3.8, 4) is 0 Å². The number of rotatable bonds is 2. The molecule has 3 aromatic rings. The summed E-state index contributed by atoms with van der Waals surface area (Å²) in [4.78, 5) is 13.7. The topological polar surface area (TPSA) is 46.0 Å². The van der Waals surface area contributed by atoms with Crippen molar-refractivity contribution in [3.05, 3.63) is 69.5 Å². The van der Waals surface area contributed by atoms with E-state index in [1.807, 2.05) is 13.0 Å². The fourth-order valence-electron chi connectivity index (χ4n) is 2.22. The summed E-state index contributed by atoms with van der Waals surface area (Å²) in [5.74, 6) is -0.723. The van der Waals surface area contributed by atoms with Crippen LogP contribution < -0.4 is 5.76 Å². The van der Waals surface area contributed by atoms with E-state index in [1.165, 1.54) is 12.1 Å². The predicted molar refractivity (Wildman–Crippen MR) is 78.7 cm³/mol. The lowest BCUT2D eigenvalue weighted by molar-refractivity contribution is 0.555. The fourth-order valence-corrected chi connectivity index (χ4v) is 3.02. The van der Waals surface area contributed by atoms with Crippen molar-refractivity contribution in [1.29, 1.82) is 0 Å². The average molecular weight is 336 g/mol. The Labute approximate surface area is 122 Å². The van der Waals surface area contributed by atoms with Gasteiger partial charge in [0.2, 0.25) is 0 Å². The quantitative estimate of drug-likeness (QED) is 0.718. The van der Waals surface area contributed by atoms with Crippen LogP contribution in [0.15, 0.2) is 45.6 Å². The second-order valence-corrected chi connectivity index (χ2v) is 5.55. The number of aromatic nitrogens is 1. The molecule has 1 atom stereocenters. The van der Waals surface area contributed by atoms with Crippen LogP contribution in [0.4, 0.5) is 4.39 Å². The molecule has 0 aliphatic rings. The van der Waals surface area contributed by atoms with Gasteiger partial charge in [0.25, 0.3) is 0 Å². The van der Waals surface area contributed by atoms with Gasteiger partial charge in [0, 0.05) is 0 Å². The Bertz CT molecular complexity index is 837. The van der Waals surface area contributed by atoms with E-state index >= 15 is 0 Å². The van der Waals surface area contributed by atoms with E-state index in [9.17, 15) is 9.18 Å². The lowest BCUT2D eigenvalue weighted by atomic mass is 10.00. The van der Waals surface area contributed by atoms with Gasteiger partial charge in [0.05, 0.1) is 10.3 Å². The van der Waals surface area contributed by atoms with Gasteiger partial charge in [-0.05, 0) is 47.9 Å². The number of benzene rings is 2. The van der Waals surface area contributed by atoms with Crippen LogP contribution in [0, 0.1) is 12.7 Å². The Morgan fingerprint density at radius 3 is 2.80 bits per heavy atom. The standard InChI is InChI=1S/C15H11BrFNO2/c1-8-6-10(17)3-4-11(8)14(16)9-2-5-12-13(7-9)20-15(19)18-12/h2-7,14H,1H3,(H,18,19). The Balaban J connectivity index is 2.06. The summed E-state index contributed by atoms with van der Waals surface area (Å²) < 4.78 is 18.2. The molecule has 0 bridgehead atoms. The van der Waals surface area contributed by atoms with Crippen molar-refractivity contribution < 1.29 is 8.81 Å². The molecule has 0 amide bonds. The number of hydrogen-bond donors (Lipinski definition) is 1. The van der Waals surface area contributed by atoms with E-state index in [1.54, 1.807) is 18.2 Å². The van der Waals surface area contributed by atoms with E-state index in [-0.39, 0.29) is 10.6 Å². The zero-order valence-electron chi connectivity index (χ0n) is 10.6. The van der Waals surface area contributed by atoms with Crippen LogP contribution in [-0.2, 0) is 0 Å². The van der Waals surface area contributed by atoms with Crippen molar-refractivity contribution in [2.45, 2.75) is 11.8 Å². The molecule has 1 N–H and O–H groups in total. The monoisotopic (exact) mass is 335 g/mol. The van der Waals surface area contributed by atoms with Crippen LogP contribution in [0.2, 0.25) is 0 Å². The van der Waals surface area contributed by atoms with E-state index < -0.39 is 5.76 Å². The second-order valence-electron chi connectivity index (χ2n) is 4.63. The molecule has 0 spiro atoms. The van der Waals surface area contributed by atoms with Gasteiger partial charge in [0.15, 0.2) is 5.58 Å². The zero-order chi connectivity index (χ0) is 14.3. The predicted octanol–water partition coefficient (Wildman–Crippen LogP) is 4.05. The highest BCUT2D eigenvalue weighted by atomic mass is 79.9. The summed E-state index contributed by atoms with van der Waals surface area (Å²) in [5.41, 5.74) is 3.95. The zero-order valence-corrected chi connectivity index (χ0v) is 12.2. The molecule has 1 heterocycles. The largest absolute Gasteiger partial charge is 0.417 e. The van der Waals surface area contributed by atoms with Crippen molar-refractivity contribution in [2.75, 3.05) is 0 Å². The smallest absolute Gasteiger partial charge is 0.408 e. The van der Waals surface area contributed by atoms with Crippen molar-refractivity contribution >= 4 is 27.0 Å². The third-order valence-electron chi connectivity index (χ3n) is 3.24. The minimum Gasteiger partial charge on any atom is -0.408 e. The normalized spacial score (nSPS) is 12.8. The van der Waals surface area contributed by atoms with Gasteiger partial charge in [-0.15, -0.1) is 0 Å². The van der Waals surface area contributed by atoms with E-state index in [0.717, 1.165) is 16.7 Å². The third kappa shape index (κ3) is 2.29. The number of oxazole rings is 1. The summed E-state index contributed by atoms with van der Waals surface area (Å²) in [7, 11) is 0. The fraction of sp³-hybridized carbons (Fsp3) is 0.133. The second kappa shape index (κ2) is 4.90. The van der Waals surface area contributed by atoms with Crippen LogP contribution in [0.1, 0.15) is 21.5 Å². The molecule has 1 aromatic heterocycles. The highest BCUT2D eigenvalue weighted by molar-refractivity contribution is 9.09. The number of aromatic amines is 1. The lowest BCUT2D eigenvalue weighted by Crippen LogP contribution is -1.96. The molecule has 0 saturated carbocycles. The van der Waals surface area contributed by atoms with E-state index in [2.05, 4.69) is 20.9 Å². The van der Waals surface area contributed by atoms with Crippen LogP contribution in [-0.4, -0.2) is 4.98 Å². The Morgan fingerprint density at radius 2 is 2.05 bits per heavy atom. The molecule has 0 aliphatic carbocycles. The van der Waals surface area contributed by atoms with Gasteiger partial charge in [0.1, 0.15) is 5.82 Å². The molecule has 2 aromatic carbocycles. The van der Waals surface area contributed by atoms with Crippen LogP contribution in [0.25, 0.3) is 11.1 Å². The summed E-state index contributed by atoms with van der Waals surface area (Å²) in [5, 5.41) is 0. The first-order valence-corrected chi connectivity index (χ1v) is 6.99. The highest BCUT2D eigenvalue weighted by Gasteiger charge is 2.14. The average Bonchev–Trinajstić information content (AvgIpc) is 2.77. The number of nitrogens with one attached hydrogen (secondary N) is 1. The van der Waals surface area contributed by atoms with Crippen molar-refractivity contribution in [2.24, 2.45) is 0 Å². The minimum absolute atomic E-state index is 0.0901. The molecular formula is C15H11BrFNO2. The lowest BCUT2D eigenvalue weighted by Gasteiger charge is -2.13. The summed E-state index contributed by atoms with van der Waals surface area (Å²) in [6, 6.07) is 10.2. The van der Waals surface area contributed by atoms with Crippen molar-refractivity contribution in [1.82, 2.24) is 4.98 Å². The maximum Gasteiger partial charge on any atom is 0.417 e. The van der Waals surface area contributed by atoms with Crippen LogP contribution >= 0.6 is 15.9 Å². The first-order chi connectivity index (χ1) is 9.54. The number of alkyl halides is 1. The van der Waals surface area contributed by atoms with Gasteiger partial charge in [-0.25, -0.2) is 9.18 Å². The molecule has 20 heavy (non-hydrogen) atoms. The number of halogens is 2. The number of aryl methyl sites for hydroxylation is 1. The number of fused-ring (bicyclic) bond motifs is 1. The molecule has 3 rings (SSSR count). The Hall–Kier alpha value is -1.88. The van der Waals surface area contributed by atoms with Crippen LogP contribution in [0.5, 0.6) is 0 Å².